The quantitative estimate of drug-likeness (QED) is 0.898. The van der Waals surface area contributed by atoms with Gasteiger partial charge in [0.25, 0.3) is 0 Å². The van der Waals surface area contributed by atoms with E-state index in [1.165, 1.54) is 0 Å². The van der Waals surface area contributed by atoms with Crippen molar-refractivity contribution in [2.45, 2.75) is 37.6 Å². The average Bonchev–Trinajstić information content (AvgIpc) is 3.19. The summed E-state index contributed by atoms with van der Waals surface area (Å²) in [4.78, 5) is 27.1. The third-order valence-corrected chi connectivity index (χ3v) is 7.11. The first-order valence-electron chi connectivity index (χ1n) is 8.92. The Morgan fingerprint density at radius 3 is 2.69 bits per heavy atom. The number of hydrogen-bond acceptors (Lipinski definition) is 3. The normalized spacial score (nSPS) is 24.6. The summed E-state index contributed by atoms with van der Waals surface area (Å²) in [6, 6.07) is 15.5. The predicted molar refractivity (Wildman–Crippen MR) is 105 cm³/mol. The van der Waals surface area contributed by atoms with Crippen LogP contribution in [0.15, 0.2) is 48.5 Å². The standard InChI is InChI=1S/C21H22N2O2S/c1-14-7-6-10-17(15(14)2)22-20(25)18-13-26-21(12-11-19(24)23(18)21)16-8-4-3-5-9-16/h3-10,18H,11-13H2,1-2H3,(H,22,25)/t18-,21-/m0/s1. The van der Waals surface area contributed by atoms with Crippen LogP contribution in [-0.4, -0.2) is 28.5 Å². The second kappa shape index (κ2) is 6.47. The molecule has 0 spiro atoms. The zero-order valence-corrected chi connectivity index (χ0v) is 15.8. The van der Waals surface area contributed by atoms with Gasteiger partial charge in [0.2, 0.25) is 11.8 Å². The third-order valence-electron chi connectivity index (χ3n) is 5.52. The van der Waals surface area contributed by atoms with Gasteiger partial charge in [0.05, 0.1) is 0 Å². The minimum absolute atomic E-state index is 0.0694. The van der Waals surface area contributed by atoms with Crippen molar-refractivity contribution in [3.8, 4) is 0 Å². The van der Waals surface area contributed by atoms with Gasteiger partial charge < -0.3 is 10.2 Å². The molecule has 4 rings (SSSR count). The largest absolute Gasteiger partial charge is 0.324 e. The highest BCUT2D eigenvalue weighted by molar-refractivity contribution is 8.00. The number of benzene rings is 2. The highest BCUT2D eigenvalue weighted by Crippen LogP contribution is 2.54. The number of carbonyl (C=O) groups excluding carboxylic acids is 2. The lowest BCUT2D eigenvalue weighted by Gasteiger charge is -2.34. The third kappa shape index (κ3) is 2.62. The number of rotatable bonds is 3. The summed E-state index contributed by atoms with van der Waals surface area (Å²) >= 11 is 1.72. The average molecular weight is 366 g/mol. The molecule has 2 heterocycles. The van der Waals surface area contributed by atoms with Gasteiger partial charge in [-0.1, -0.05) is 42.5 Å². The number of fused-ring (bicyclic) bond motifs is 1. The molecule has 5 heteroatoms. The highest BCUT2D eigenvalue weighted by Gasteiger charge is 2.56. The SMILES string of the molecule is Cc1cccc(NC(=O)[C@@H]2CS[C@]3(c4ccccc4)CCC(=O)N23)c1C. The van der Waals surface area contributed by atoms with Crippen molar-refractivity contribution >= 4 is 29.3 Å². The summed E-state index contributed by atoms with van der Waals surface area (Å²) in [5, 5.41) is 3.05. The topological polar surface area (TPSA) is 49.4 Å². The molecule has 2 aliphatic heterocycles. The first-order chi connectivity index (χ1) is 12.5. The van der Waals surface area contributed by atoms with Gasteiger partial charge in [-0.05, 0) is 43.0 Å². The summed E-state index contributed by atoms with van der Waals surface area (Å²) in [6.07, 6.45) is 1.25. The van der Waals surface area contributed by atoms with Crippen LogP contribution in [0.25, 0.3) is 0 Å². The number of thioether (sulfide) groups is 1. The van der Waals surface area contributed by atoms with Gasteiger partial charge in [-0.2, -0.15) is 0 Å². The van der Waals surface area contributed by atoms with Crippen molar-refractivity contribution in [3.63, 3.8) is 0 Å². The molecule has 2 aromatic rings. The van der Waals surface area contributed by atoms with E-state index in [0.29, 0.717) is 12.2 Å². The smallest absolute Gasteiger partial charge is 0.248 e. The maximum atomic E-state index is 13.0. The predicted octanol–water partition coefficient (Wildman–Crippen LogP) is 3.83. The first-order valence-corrected chi connectivity index (χ1v) is 9.90. The van der Waals surface area contributed by atoms with E-state index >= 15 is 0 Å². The van der Waals surface area contributed by atoms with Crippen molar-refractivity contribution in [3.05, 3.63) is 65.2 Å². The van der Waals surface area contributed by atoms with Crippen LogP contribution in [-0.2, 0) is 14.5 Å². The molecule has 0 aliphatic carbocycles. The van der Waals surface area contributed by atoms with Crippen LogP contribution in [0.5, 0.6) is 0 Å². The number of nitrogens with one attached hydrogen (secondary N) is 1. The number of nitrogens with zero attached hydrogens (tertiary/aromatic N) is 1. The van der Waals surface area contributed by atoms with Crippen LogP contribution < -0.4 is 5.32 Å². The van der Waals surface area contributed by atoms with Crippen LogP contribution >= 0.6 is 11.8 Å². The number of amides is 2. The first kappa shape index (κ1) is 17.2. The van der Waals surface area contributed by atoms with Gasteiger partial charge in [-0.25, -0.2) is 0 Å². The molecule has 1 N–H and O–H groups in total. The lowest BCUT2D eigenvalue weighted by Crippen LogP contribution is -2.48. The Balaban J connectivity index is 1.63. The maximum absolute atomic E-state index is 13.0. The van der Waals surface area contributed by atoms with Gasteiger partial charge in [0.15, 0.2) is 0 Å². The van der Waals surface area contributed by atoms with E-state index < -0.39 is 10.9 Å². The summed E-state index contributed by atoms with van der Waals surface area (Å²) in [5.41, 5.74) is 4.13. The Hall–Kier alpha value is -2.27. The van der Waals surface area contributed by atoms with Gasteiger partial charge in [-0.3, -0.25) is 9.59 Å². The fraction of sp³-hybridized carbons (Fsp3) is 0.333. The molecular formula is C21H22N2O2S. The van der Waals surface area contributed by atoms with E-state index in [4.69, 9.17) is 0 Å². The number of carbonyl (C=O) groups is 2. The molecule has 0 saturated carbocycles. The van der Waals surface area contributed by atoms with Crippen LogP contribution in [0, 0.1) is 13.8 Å². The lowest BCUT2D eigenvalue weighted by atomic mass is 10.0. The molecule has 2 saturated heterocycles. The van der Waals surface area contributed by atoms with Gasteiger partial charge in [0.1, 0.15) is 10.9 Å². The molecule has 2 aliphatic rings. The van der Waals surface area contributed by atoms with Gasteiger partial charge in [0, 0.05) is 17.9 Å². The van der Waals surface area contributed by atoms with E-state index in [1.807, 2.05) is 55.1 Å². The maximum Gasteiger partial charge on any atom is 0.248 e. The Bertz CT molecular complexity index is 868. The Kier molecular flexibility index (Phi) is 4.27. The molecule has 2 aromatic carbocycles. The number of hydrogen-bond donors (Lipinski definition) is 1. The monoisotopic (exact) mass is 366 g/mol. The molecule has 26 heavy (non-hydrogen) atoms. The van der Waals surface area contributed by atoms with Crippen LogP contribution in [0.4, 0.5) is 5.69 Å². The lowest BCUT2D eigenvalue weighted by molar-refractivity contribution is -0.136. The molecule has 4 nitrogen and oxygen atoms in total. The van der Waals surface area contributed by atoms with E-state index in [1.54, 1.807) is 11.8 Å². The molecule has 2 amide bonds. The molecule has 0 aromatic heterocycles. The van der Waals surface area contributed by atoms with Crippen molar-refractivity contribution < 1.29 is 9.59 Å². The van der Waals surface area contributed by atoms with Crippen molar-refractivity contribution in [2.75, 3.05) is 11.1 Å². The van der Waals surface area contributed by atoms with E-state index in [2.05, 4.69) is 17.4 Å². The summed E-state index contributed by atoms with van der Waals surface area (Å²) in [6.45, 7) is 4.03. The zero-order chi connectivity index (χ0) is 18.3. The Labute approximate surface area is 158 Å². The van der Waals surface area contributed by atoms with Gasteiger partial charge in [-0.15, -0.1) is 11.8 Å². The Morgan fingerprint density at radius 2 is 1.92 bits per heavy atom. The highest BCUT2D eigenvalue weighted by atomic mass is 32.2. The van der Waals surface area contributed by atoms with Crippen LogP contribution in [0.1, 0.15) is 29.5 Å². The van der Waals surface area contributed by atoms with E-state index in [0.717, 1.165) is 28.8 Å². The molecule has 0 bridgehead atoms. The summed E-state index contributed by atoms with van der Waals surface area (Å²) in [7, 11) is 0. The number of anilines is 1. The van der Waals surface area contributed by atoms with E-state index in [-0.39, 0.29) is 11.8 Å². The molecule has 0 radical (unpaired) electrons. The Morgan fingerprint density at radius 1 is 1.15 bits per heavy atom. The second-order valence-corrected chi connectivity index (χ2v) is 8.28. The summed E-state index contributed by atoms with van der Waals surface area (Å²) in [5.74, 6) is 0.594. The van der Waals surface area contributed by atoms with Crippen LogP contribution in [0.3, 0.4) is 0 Å². The second-order valence-electron chi connectivity index (χ2n) is 6.98. The minimum atomic E-state index is -0.435. The molecular weight excluding hydrogens is 344 g/mol. The molecule has 2 atom stereocenters. The van der Waals surface area contributed by atoms with Crippen molar-refractivity contribution in [2.24, 2.45) is 0 Å². The minimum Gasteiger partial charge on any atom is -0.324 e. The van der Waals surface area contributed by atoms with E-state index in [9.17, 15) is 9.59 Å². The summed E-state index contributed by atoms with van der Waals surface area (Å²) < 4.78 is 0. The molecule has 134 valence electrons. The fourth-order valence-electron chi connectivity index (χ4n) is 3.94. The van der Waals surface area contributed by atoms with Gasteiger partial charge >= 0.3 is 0 Å². The molecule has 2 fully saturated rings. The molecule has 0 unspecified atom stereocenters. The van der Waals surface area contributed by atoms with Crippen molar-refractivity contribution in [1.29, 1.82) is 0 Å². The van der Waals surface area contributed by atoms with Crippen LogP contribution in [0.2, 0.25) is 0 Å². The zero-order valence-electron chi connectivity index (χ0n) is 15.0. The number of aryl methyl sites for hydroxylation is 1. The van der Waals surface area contributed by atoms with Crippen molar-refractivity contribution in [1.82, 2.24) is 4.90 Å². The fourth-order valence-corrected chi connectivity index (χ4v) is 5.59.